The number of allylic oxidation sites excluding steroid dienone is 1. The van der Waals surface area contributed by atoms with Crippen molar-refractivity contribution >= 4 is 29.0 Å². The largest absolute Gasteiger partial charge is 2.00 e. The van der Waals surface area contributed by atoms with E-state index in [1.165, 1.54) is 51.0 Å². The molecule has 136 valence electrons. The minimum Gasteiger partial charge on any atom is -1.00 e. The Kier molecular flexibility index (Phi) is 24.5. The van der Waals surface area contributed by atoms with E-state index in [-0.39, 0.29) is 78.7 Å². The maximum absolute atomic E-state index is 10.5. The van der Waals surface area contributed by atoms with Crippen LogP contribution in [0.3, 0.4) is 0 Å². The average molecular weight is 377 g/mol. The number of rotatable bonds is 13. The first-order valence-corrected chi connectivity index (χ1v) is 9.21. The second-order valence-electron chi connectivity index (χ2n) is 7.69. The minimum absolute atomic E-state index is 0. The van der Waals surface area contributed by atoms with Gasteiger partial charge in [-0.2, -0.15) is 0 Å². The van der Waals surface area contributed by atoms with Gasteiger partial charge in [-0.1, -0.05) is 78.2 Å². The Morgan fingerprint density at radius 3 is 1.75 bits per heavy atom. The van der Waals surface area contributed by atoms with Crippen LogP contribution in [0.25, 0.3) is 0 Å². The molecule has 1 N–H and O–H groups in total. The van der Waals surface area contributed by atoms with E-state index in [2.05, 4.69) is 27.7 Å². The molecule has 0 spiro atoms. The standard InChI is InChI=1S/C20H38O2.K.Mg.3H/c1-16(2)9-6-10-17(3)11-7-12-18(4)13-8-14-19(5)15-20(21)22;;;;;/h15-18H,6-14H2,1-5H3,(H,21,22);;;;;/q;+1;+2;3*-1/b19-15+;;;;;/t17-,18-;;;;;/m1...../s1. The van der Waals surface area contributed by atoms with Crippen LogP contribution in [0.5, 0.6) is 0 Å². The van der Waals surface area contributed by atoms with Gasteiger partial charge >= 0.3 is 80.4 Å². The molecule has 0 heterocycles. The Morgan fingerprint density at radius 1 is 0.917 bits per heavy atom. The maximum Gasteiger partial charge on any atom is 2.00 e. The molecule has 2 nitrogen and oxygen atoms in total. The van der Waals surface area contributed by atoms with Gasteiger partial charge in [0.2, 0.25) is 0 Å². The van der Waals surface area contributed by atoms with Crippen LogP contribution in [0.1, 0.15) is 96.7 Å². The van der Waals surface area contributed by atoms with E-state index < -0.39 is 5.97 Å². The Morgan fingerprint density at radius 2 is 1.33 bits per heavy atom. The molecule has 0 aromatic carbocycles. The van der Waals surface area contributed by atoms with Crippen LogP contribution in [-0.4, -0.2) is 34.1 Å². The van der Waals surface area contributed by atoms with Crippen LogP contribution < -0.4 is 51.4 Å². The normalized spacial score (nSPS) is 13.8. The predicted octanol–water partition coefficient (Wildman–Crippen LogP) is 3.42. The summed E-state index contributed by atoms with van der Waals surface area (Å²) in [6.45, 7) is 11.3. The van der Waals surface area contributed by atoms with Crippen molar-refractivity contribution in [1.82, 2.24) is 0 Å². The molecule has 0 fully saturated rings. The average Bonchev–Trinajstić information content (AvgIpc) is 2.37. The molecular formula is C20H41KMgO2. The van der Waals surface area contributed by atoms with Crippen LogP contribution in [0.2, 0.25) is 0 Å². The van der Waals surface area contributed by atoms with Crippen molar-refractivity contribution in [1.29, 1.82) is 0 Å². The smallest absolute Gasteiger partial charge is 1.00 e. The first kappa shape index (κ1) is 30.3. The summed E-state index contributed by atoms with van der Waals surface area (Å²) in [6, 6.07) is 0. The van der Waals surface area contributed by atoms with Gasteiger partial charge in [0.25, 0.3) is 0 Å². The van der Waals surface area contributed by atoms with Crippen LogP contribution in [0.4, 0.5) is 0 Å². The molecule has 0 aromatic heterocycles. The van der Waals surface area contributed by atoms with Crippen molar-refractivity contribution in [2.24, 2.45) is 17.8 Å². The summed E-state index contributed by atoms with van der Waals surface area (Å²) in [6.07, 6.45) is 12.7. The Bertz CT molecular complexity index is 343. The summed E-state index contributed by atoms with van der Waals surface area (Å²) in [7, 11) is 0. The third-order valence-corrected chi connectivity index (χ3v) is 4.51. The molecule has 0 aliphatic heterocycles. The zero-order valence-corrected chi connectivity index (χ0v) is 21.8. The van der Waals surface area contributed by atoms with Gasteiger partial charge in [-0.25, -0.2) is 4.79 Å². The molecule has 0 saturated heterocycles. The van der Waals surface area contributed by atoms with E-state index in [4.69, 9.17) is 5.11 Å². The molecule has 0 aliphatic rings. The molecule has 4 heteroatoms. The predicted molar refractivity (Wildman–Crippen MR) is 105 cm³/mol. The van der Waals surface area contributed by atoms with E-state index in [0.29, 0.717) is 0 Å². The SMILES string of the molecule is C/C(=C\C(=O)O)CCC[C@H](C)CCC[C@H](C)CCCC(C)C.[H-].[H-].[H-].[K+].[Mg+2]. The quantitative estimate of drug-likeness (QED) is 0.395. The Hall–Kier alpha value is 1.61. The van der Waals surface area contributed by atoms with E-state index in [9.17, 15) is 4.79 Å². The van der Waals surface area contributed by atoms with Crippen LogP contribution in [-0.2, 0) is 4.79 Å². The fourth-order valence-electron chi connectivity index (χ4n) is 2.99. The number of hydrogen-bond acceptors (Lipinski definition) is 1. The maximum atomic E-state index is 10.5. The number of carbonyl (C=O) groups is 1. The van der Waals surface area contributed by atoms with E-state index in [1.807, 2.05) is 6.92 Å². The third-order valence-electron chi connectivity index (χ3n) is 4.51. The van der Waals surface area contributed by atoms with Gasteiger partial charge in [-0.05, 0) is 37.5 Å². The fraction of sp³-hybridized carbons (Fsp3) is 0.850. The van der Waals surface area contributed by atoms with Crippen molar-refractivity contribution < 1.29 is 65.6 Å². The zero-order valence-electron chi connectivity index (χ0n) is 20.2. The summed E-state index contributed by atoms with van der Waals surface area (Å²) in [5.74, 6) is 1.65. The van der Waals surface area contributed by atoms with Gasteiger partial charge < -0.3 is 9.39 Å². The molecule has 2 atom stereocenters. The molecule has 0 aromatic rings. The molecule has 0 unspecified atom stereocenters. The second kappa shape index (κ2) is 19.4. The molecule has 0 aliphatic carbocycles. The topological polar surface area (TPSA) is 37.3 Å². The first-order valence-electron chi connectivity index (χ1n) is 9.21. The van der Waals surface area contributed by atoms with Gasteiger partial charge in [0.15, 0.2) is 0 Å². The van der Waals surface area contributed by atoms with Crippen molar-refractivity contribution in [3.63, 3.8) is 0 Å². The molecule has 0 amide bonds. The number of aliphatic carboxylic acids is 1. The zero-order chi connectivity index (χ0) is 17.0. The molecule has 0 bridgehead atoms. The summed E-state index contributed by atoms with van der Waals surface area (Å²) in [5.41, 5.74) is 0.985. The van der Waals surface area contributed by atoms with Gasteiger partial charge in [-0.15, -0.1) is 0 Å². The van der Waals surface area contributed by atoms with Gasteiger partial charge in [0.05, 0.1) is 0 Å². The monoisotopic (exact) mass is 376 g/mol. The van der Waals surface area contributed by atoms with Gasteiger partial charge in [0, 0.05) is 6.08 Å². The fourth-order valence-corrected chi connectivity index (χ4v) is 2.99. The minimum atomic E-state index is -0.822. The molecule has 0 saturated carbocycles. The summed E-state index contributed by atoms with van der Waals surface area (Å²) >= 11 is 0. The van der Waals surface area contributed by atoms with Crippen LogP contribution in [0, 0.1) is 17.8 Å². The molecule has 24 heavy (non-hydrogen) atoms. The van der Waals surface area contributed by atoms with Crippen molar-refractivity contribution in [3.05, 3.63) is 11.6 Å². The van der Waals surface area contributed by atoms with E-state index >= 15 is 0 Å². The van der Waals surface area contributed by atoms with Crippen LogP contribution in [0.15, 0.2) is 11.6 Å². The molecular weight excluding hydrogens is 336 g/mol. The Labute approximate surface area is 214 Å². The summed E-state index contributed by atoms with van der Waals surface area (Å²) in [4.78, 5) is 10.5. The number of hydrogen-bond donors (Lipinski definition) is 1. The van der Waals surface area contributed by atoms with Gasteiger partial charge in [-0.3, -0.25) is 0 Å². The number of carboxylic acids is 1. The van der Waals surface area contributed by atoms with Gasteiger partial charge in [0.1, 0.15) is 0 Å². The van der Waals surface area contributed by atoms with E-state index in [0.717, 1.165) is 36.2 Å². The van der Waals surface area contributed by atoms with Crippen molar-refractivity contribution in [2.75, 3.05) is 0 Å². The number of carboxylic acid groups (broad SMARTS) is 1. The van der Waals surface area contributed by atoms with E-state index in [1.54, 1.807) is 0 Å². The third kappa shape index (κ3) is 21.7. The Balaban J connectivity index is -0.000000220. The summed E-state index contributed by atoms with van der Waals surface area (Å²) in [5, 5.41) is 8.68. The van der Waals surface area contributed by atoms with Crippen molar-refractivity contribution in [2.45, 2.75) is 92.4 Å². The summed E-state index contributed by atoms with van der Waals surface area (Å²) < 4.78 is 0. The molecule has 0 radical (unpaired) electrons. The van der Waals surface area contributed by atoms with Crippen LogP contribution >= 0.6 is 0 Å². The van der Waals surface area contributed by atoms with Crippen molar-refractivity contribution in [3.8, 4) is 0 Å². The second-order valence-corrected chi connectivity index (χ2v) is 7.69. The first-order chi connectivity index (χ1) is 10.3. The molecule has 0 rings (SSSR count).